The largest absolute Gasteiger partial charge is 0.497 e. The van der Waals surface area contributed by atoms with Gasteiger partial charge in [0.15, 0.2) is 5.78 Å². The van der Waals surface area contributed by atoms with E-state index in [1.807, 2.05) is 4.90 Å². The van der Waals surface area contributed by atoms with Gasteiger partial charge in [-0.05, 0) is 74.1 Å². The maximum absolute atomic E-state index is 12.8. The fraction of sp³-hybridized carbons (Fsp3) is 0.533. The number of Topliss-reactive ketones (excluding diaryl/α,β-unsaturated/α-hetero) is 1. The van der Waals surface area contributed by atoms with Crippen LogP contribution in [-0.2, 0) is 4.79 Å². The van der Waals surface area contributed by atoms with Crippen molar-refractivity contribution in [3.63, 3.8) is 0 Å². The first-order valence-electron chi connectivity index (χ1n) is 13.7. The number of aliphatic hydroxyl groups is 2. The number of β-amino-alcohol motifs (C(OH)–C–C–N with tert-alkyl or cyclic N) is 1. The SMILES string of the molecule is COc1ccc(C(=O)CCCCC(=O)N[C@H](CN2CC[C@@H](O)C2)[C@@H](O)c2ccc(OCCCCF)cc2)cc1. The molecule has 0 aromatic heterocycles. The van der Waals surface area contributed by atoms with Gasteiger partial charge in [0.2, 0.25) is 5.91 Å². The summed E-state index contributed by atoms with van der Waals surface area (Å²) in [7, 11) is 1.57. The number of benzene rings is 2. The number of aliphatic hydroxyl groups excluding tert-OH is 2. The van der Waals surface area contributed by atoms with E-state index in [9.17, 15) is 24.2 Å². The van der Waals surface area contributed by atoms with Gasteiger partial charge in [-0.25, -0.2) is 0 Å². The van der Waals surface area contributed by atoms with Gasteiger partial charge in [-0.15, -0.1) is 0 Å². The number of hydrogen-bond donors (Lipinski definition) is 3. The summed E-state index contributed by atoms with van der Waals surface area (Å²) in [5.41, 5.74) is 1.26. The third-order valence-electron chi connectivity index (χ3n) is 6.92. The van der Waals surface area contributed by atoms with Gasteiger partial charge in [0.1, 0.15) is 17.6 Å². The first kappa shape index (κ1) is 30.5. The van der Waals surface area contributed by atoms with Crippen molar-refractivity contribution in [1.82, 2.24) is 10.2 Å². The summed E-state index contributed by atoms with van der Waals surface area (Å²) < 4.78 is 23.0. The summed E-state index contributed by atoms with van der Waals surface area (Å²) in [5.74, 6) is 1.16. The Morgan fingerprint density at radius 2 is 1.72 bits per heavy atom. The fourth-order valence-corrected chi connectivity index (χ4v) is 4.63. The van der Waals surface area contributed by atoms with Crippen molar-refractivity contribution >= 4 is 11.7 Å². The van der Waals surface area contributed by atoms with E-state index in [4.69, 9.17) is 9.47 Å². The molecule has 39 heavy (non-hydrogen) atoms. The fourth-order valence-electron chi connectivity index (χ4n) is 4.63. The summed E-state index contributed by atoms with van der Waals surface area (Å²) in [6.45, 7) is 1.66. The van der Waals surface area contributed by atoms with Crippen molar-refractivity contribution < 1.29 is 33.7 Å². The van der Waals surface area contributed by atoms with Gasteiger partial charge >= 0.3 is 0 Å². The number of likely N-dealkylation sites (tertiary alicyclic amines) is 1. The smallest absolute Gasteiger partial charge is 0.220 e. The van der Waals surface area contributed by atoms with Crippen LogP contribution in [0.2, 0.25) is 0 Å². The van der Waals surface area contributed by atoms with Crippen LogP contribution in [-0.4, -0.2) is 79.0 Å². The van der Waals surface area contributed by atoms with Crippen LogP contribution < -0.4 is 14.8 Å². The summed E-state index contributed by atoms with van der Waals surface area (Å²) in [5, 5.41) is 24.1. The minimum atomic E-state index is -0.955. The molecule has 0 spiro atoms. The number of carbonyl (C=O) groups is 2. The first-order valence-corrected chi connectivity index (χ1v) is 13.7. The molecule has 8 nitrogen and oxygen atoms in total. The Morgan fingerprint density at radius 1 is 1.03 bits per heavy atom. The molecule has 1 saturated heterocycles. The van der Waals surface area contributed by atoms with E-state index in [1.54, 1.807) is 55.6 Å². The number of nitrogens with one attached hydrogen (secondary N) is 1. The molecule has 2 aromatic carbocycles. The molecule has 1 amide bonds. The van der Waals surface area contributed by atoms with Gasteiger partial charge in [-0.3, -0.25) is 18.9 Å². The average Bonchev–Trinajstić information content (AvgIpc) is 3.37. The number of ether oxygens (including phenoxy) is 2. The molecule has 0 bridgehead atoms. The monoisotopic (exact) mass is 544 g/mol. The molecule has 0 unspecified atom stereocenters. The lowest BCUT2D eigenvalue weighted by Gasteiger charge is -2.29. The maximum atomic E-state index is 12.8. The van der Waals surface area contributed by atoms with Gasteiger partial charge in [0, 0.05) is 38.0 Å². The number of nitrogens with zero attached hydrogens (tertiary/aromatic N) is 1. The quantitative estimate of drug-likeness (QED) is 0.205. The Bertz CT molecular complexity index is 1020. The number of unbranched alkanes of at least 4 members (excludes halogenated alkanes) is 2. The molecule has 1 heterocycles. The number of ketones is 1. The van der Waals surface area contributed by atoms with Crippen LogP contribution in [0.1, 0.15) is 67.0 Å². The number of rotatable bonds is 17. The minimum absolute atomic E-state index is 0.0220. The number of carbonyl (C=O) groups excluding carboxylic acids is 2. The van der Waals surface area contributed by atoms with E-state index in [2.05, 4.69) is 5.32 Å². The predicted molar refractivity (Wildman–Crippen MR) is 147 cm³/mol. The molecule has 0 aliphatic carbocycles. The van der Waals surface area contributed by atoms with Crippen LogP contribution in [0.4, 0.5) is 4.39 Å². The van der Waals surface area contributed by atoms with E-state index in [1.165, 1.54) is 0 Å². The molecule has 3 N–H and O–H groups in total. The second kappa shape index (κ2) is 16.2. The van der Waals surface area contributed by atoms with E-state index >= 15 is 0 Å². The van der Waals surface area contributed by atoms with E-state index < -0.39 is 18.2 Å². The van der Waals surface area contributed by atoms with Crippen molar-refractivity contribution in [2.45, 2.75) is 63.2 Å². The molecule has 3 rings (SSSR count). The third kappa shape index (κ3) is 10.2. The average molecular weight is 545 g/mol. The maximum Gasteiger partial charge on any atom is 0.220 e. The summed E-state index contributed by atoms with van der Waals surface area (Å²) in [6.07, 6.45) is 2.11. The molecule has 1 aliphatic rings. The van der Waals surface area contributed by atoms with Crippen molar-refractivity contribution in [2.75, 3.05) is 40.0 Å². The van der Waals surface area contributed by atoms with E-state index in [-0.39, 0.29) is 24.8 Å². The Kier molecular flexibility index (Phi) is 12.7. The normalized spacial score (nSPS) is 17.0. The highest BCUT2D eigenvalue weighted by molar-refractivity contribution is 5.96. The summed E-state index contributed by atoms with van der Waals surface area (Å²) in [4.78, 5) is 27.3. The molecular weight excluding hydrogens is 503 g/mol. The van der Waals surface area contributed by atoms with Crippen molar-refractivity contribution in [1.29, 1.82) is 0 Å². The predicted octanol–water partition coefficient (Wildman–Crippen LogP) is 3.85. The van der Waals surface area contributed by atoms with Crippen LogP contribution in [0.5, 0.6) is 11.5 Å². The molecule has 1 fully saturated rings. The molecule has 3 atom stereocenters. The zero-order valence-corrected chi connectivity index (χ0v) is 22.7. The standard InChI is InChI=1S/C30H41FN2O6/c1-38-25-12-8-22(9-13-25)28(35)6-2-3-7-29(36)32-27(21-33-18-16-24(34)20-33)30(37)23-10-14-26(15-11-23)39-19-5-4-17-31/h8-15,24,27,30,34,37H,2-7,16-21H2,1H3,(H,32,36)/t24-,27-,30+/m1/s1. The van der Waals surface area contributed by atoms with Crippen molar-refractivity contribution in [2.24, 2.45) is 0 Å². The topological polar surface area (TPSA) is 108 Å². The Labute approximate surface area is 230 Å². The number of alkyl halides is 1. The number of methoxy groups -OCH3 is 1. The zero-order chi connectivity index (χ0) is 28.0. The summed E-state index contributed by atoms with van der Waals surface area (Å²) >= 11 is 0. The second-order valence-electron chi connectivity index (χ2n) is 9.99. The van der Waals surface area contributed by atoms with Crippen LogP contribution in [0, 0.1) is 0 Å². The molecule has 214 valence electrons. The van der Waals surface area contributed by atoms with E-state index in [0.29, 0.717) is 87.4 Å². The summed E-state index contributed by atoms with van der Waals surface area (Å²) in [6, 6.07) is 13.4. The highest BCUT2D eigenvalue weighted by atomic mass is 19.1. The van der Waals surface area contributed by atoms with Crippen LogP contribution >= 0.6 is 0 Å². The number of hydrogen-bond acceptors (Lipinski definition) is 7. The minimum Gasteiger partial charge on any atom is -0.497 e. The highest BCUT2D eigenvalue weighted by Gasteiger charge is 2.29. The Morgan fingerprint density at radius 3 is 2.36 bits per heavy atom. The lowest BCUT2D eigenvalue weighted by atomic mass is 10.0. The Hall–Kier alpha value is -3.01. The lowest BCUT2D eigenvalue weighted by Crippen LogP contribution is -2.47. The molecule has 0 saturated carbocycles. The van der Waals surface area contributed by atoms with Gasteiger partial charge in [0.25, 0.3) is 0 Å². The number of amides is 1. The number of halogens is 1. The second-order valence-corrected chi connectivity index (χ2v) is 9.99. The first-order chi connectivity index (χ1) is 18.9. The van der Waals surface area contributed by atoms with Crippen LogP contribution in [0.3, 0.4) is 0 Å². The van der Waals surface area contributed by atoms with Crippen molar-refractivity contribution in [3.8, 4) is 11.5 Å². The van der Waals surface area contributed by atoms with Crippen LogP contribution in [0.25, 0.3) is 0 Å². The zero-order valence-electron chi connectivity index (χ0n) is 22.7. The van der Waals surface area contributed by atoms with Gasteiger partial charge in [0.05, 0.1) is 32.5 Å². The molecule has 9 heteroatoms. The van der Waals surface area contributed by atoms with Crippen LogP contribution in [0.15, 0.2) is 48.5 Å². The highest BCUT2D eigenvalue weighted by Crippen LogP contribution is 2.23. The lowest BCUT2D eigenvalue weighted by molar-refractivity contribution is -0.123. The molecular formula is C30H41FN2O6. The van der Waals surface area contributed by atoms with Gasteiger partial charge < -0.3 is 25.0 Å². The van der Waals surface area contributed by atoms with Gasteiger partial charge in [-0.1, -0.05) is 12.1 Å². The molecule has 2 aromatic rings. The van der Waals surface area contributed by atoms with E-state index in [0.717, 1.165) is 0 Å². The molecule has 1 aliphatic heterocycles. The van der Waals surface area contributed by atoms with Gasteiger partial charge in [-0.2, -0.15) is 0 Å². The Balaban J connectivity index is 1.51. The molecule has 0 radical (unpaired) electrons. The van der Waals surface area contributed by atoms with Crippen molar-refractivity contribution in [3.05, 3.63) is 59.7 Å². The third-order valence-corrected chi connectivity index (χ3v) is 6.92.